The maximum Gasteiger partial charge on any atom is 0.342 e. The molecule has 3 aromatic rings. The third-order valence-corrected chi connectivity index (χ3v) is 5.75. The molecule has 1 N–H and O–H groups in total. The topological polar surface area (TPSA) is 99.7 Å². The minimum atomic E-state index is -0.778. The van der Waals surface area contributed by atoms with Crippen LogP contribution in [0.2, 0.25) is 0 Å². The van der Waals surface area contributed by atoms with Crippen LogP contribution in [0, 0.1) is 13.8 Å². The van der Waals surface area contributed by atoms with Crippen molar-refractivity contribution in [1.82, 2.24) is 9.97 Å². The summed E-state index contributed by atoms with van der Waals surface area (Å²) in [6.07, 6.45) is -0.778. The normalized spacial score (nSPS) is 11.9. The van der Waals surface area contributed by atoms with E-state index in [-0.39, 0.29) is 28.4 Å². The number of ether oxygens (including phenoxy) is 4. The van der Waals surface area contributed by atoms with Gasteiger partial charge in [-0.05, 0) is 38.5 Å². The number of benzene rings is 1. The van der Waals surface area contributed by atoms with Crippen molar-refractivity contribution in [1.29, 1.82) is 0 Å². The molecule has 154 valence electrons. The van der Waals surface area contributed by atoms with E-state index in [0.717, 1.165) is 10.4 Å². The summed E-state index contributed by atoms with van der Waals surface area (Å²) in [6.45, 7) is 5.47. The number of carbonyl (C=O) groups excluding carboxylic acids is 1. The smallest absolute Gasteiger partial charge is 0.342 e. The molecule has 0 unspecified atom stereocenters. The van der Waals surface area contributed by atoms with E-state index in [1.165, 1.54) is 38.7 Å². The molecule has 1 aromatic carbocycles. The third kappa shape index (κ3) is 3.65. The molecule has 3 rings (SSSR count). The predicted molar refractivity (Wildman–Crippen MR) is 110 cm³/mol. The zero-order valence-electron chi connectivity index (χ0n) is 17.0. The van der Waals surface area contributed by atoms with E-state index < -0.39 is 12.1 Å². The number of rotatable bonds is 6. The Morgan fingerprint density at radius 2 is 1.79 bits per heavy atom. The Morgan fingerprint density at radius 3 is 2.41 bits per heavy atom. The average molecular weight is 418 g/mol. The van der Waals surface area contributed by atoms with Gasteiger partial charge >= 0.3 is 5.97 Å². The number of H-pyrrole nitrogens is 1. The quantitative estimate of drug-likeness (QED) is 0.611. The van der Waals surface area contributed by atoms with Crippen molar-refractivity contribution < 1.29 is 23.7 Å². The van der Waals surface area contributed by atoms with Crippen LogP contribution in [0.1, 0.15) is 39.7 Å². The van der Waals surface area contributed by atoms with E-state index >= 15 is 0 Å². The minimum absolute atomic E-state index is 0.170. The van der Waals surface area contributed by atoms with Gasteiger partial charge in [0.15, 0.2) is 23.4 Å². The number of hydrogen-bond acceptors (Lipinski definition) is 8. The summed E-state index contributed by atoms with van der Waals surface area (Å²) in [5, 5.41) is 0.566. The van der Waals surface area contributed by atoms with E-state index in [9.17, 15) is 9.59 Å². The molecule has 0 saturated heterocycles. The zero-order valence-corrected chi connectivity index (χ0v) is 17.9. The van der Waals surface area contributed by atoms with Crippen LogP contribution < -0.4 is 19.8 Å². The van der Waals surface area contributed by atoms with Crippen molar-refractivity contribution in [2.24, 2.45) is 0 Å². The fourth-order valence-corrected chi connectivity index (χ4v) is 4.04. The SMILES string of the molecule is COc1ccc(C(=O)O[C@@H](C)c2nc3sc(C)c(C)c3c(=O)[nH]2)c(OC)c1OC. The van der Waals surface area contributed by atoms with Crippen LogP contribution in [-0.4, -0.2) is 37.3 Å². The van der Waals surface area contributed by atoms with Crippen molar-refractivity contribution in [3.05, 3.63) is 44.3 Å². The minimum Gasteiger partial charge on any atom is -0.493 e. The van der Waals surface area contributed by atoms with Gasteiger partial charge in [0.1, 0.15) is 10.4 Å². The number of nitrogens with one attached hydrogen (secondary N) is 1. The predicted octanol–water partition coefficient (Wildman–Crippen LogP) is 3.55. The summed E-state index contributed by atoms with van der Waals surface area (Å²) in [4.78, 5) is 34.1. The summed E-state index contributed by atoms with van der Waals surface area (Å²) >= 11 is 1.43. The third-order valence-electron chi connectivity index (χ3n) is 4.65. The fraction of sp³-hybridized carbons (Fsp3) is 0.350. The van der Waals surface area contributed by atoms with Gasteiger partial charge < -0.3 is 23.9 Å². The maximum absolute atomic E-state index is 12.8. The maximum atomic E-state index is 12.8. The first kappa shape index (κ1) is 20.7. The first-order valence-electron chi connectivity index (χ1n) is 8.82. The molecule has 8 nitrogen and oxygen atoms in total. The van der Waals surface area contributed by atoms with Gasteiger partial charge in [-0.25, -0.2) is 9.78 Å². The Kier molecular flexibility index (Phi) is 5.78. The number of aryl methyl sites for hydroxylation is 2. The fourth-order valence-electron chi connectivity index (χ4n) is 3.01. The van der Waals surface area contributed by atoms with Crippen molar-refractivity contribution >= 4 is 27.5 Å². The summed E-state index contributed by atoms with van der Waals surface area (Å²) in [5.74, 6) is 0.544. The Balaban J connectivity index is 1.94. The lowest BCUT2D eigenvalue weighted by Crippen LogP contribution is -2.17. The number of thiophene rings is 1. The van der Waals surface area contributed by atoms with Gasteiger partial charge in [0.2, 0.25) is 5.75 Å². The molecule has 0 spiro atoms. The Morgan fingerprint density at radius 1 is 1.10 bits per heavy atom. The molecule has 0 amide bonds. The van der Waals surface area contributed by atoms with Crippen LogP contribution in [0.3, 0.4) is 0 Å². The highest BCUT2D eigenvalue weighted by Crippen LogP contribution is 2.40. The highest BCUT2D eigenvalue weighted by atomic mass is 32.1. The van der Waals surface area contributed by atoms with E-state index in [1.807, 2.05) is 13.8 Å². The number of aromatic amines is 1. The van der Waals surface area contributed by atoms with Gasteiger partial charge in [-0.2, -0.15) is 0 Å². The highest BCUT2D eigenvalue weighted by Gasteiger charge is 2.24. The van der Waals surface area contributed by atoms with Crippen LogP contribution in [0.15, 0.2) is 16.9 Å². The average Bonchev–Trinajstić information content (AvgIpc) is 3.00. The summed E-state index contributed by atoms with van der Waals surface area (Å²) < 4.78 is 21.4. The standard InChI is InChI=1S/C20H22N2O6S/c1-9-11(3)29-19-14(9)18(23)21-17(22-19)10(2)28-20(24)12-7-8-13(25-4)16(27-6)15(12)26-5/h7-8,10H,1-6H3,(H,21,22,23)/t10-/m0/s1. The van der Waals surface area contributed by atoms with Crippen LogP contribution in [0.25, 0.3) is 10.2 Å². The first-order valence-corrected chi connectivity index (χ1v) is 9.63. The molecule has 0 radical (unpaired) electrons. The van der Waals surface area contributed by atoms with Crippen LogP contribution in [0.5, 0.6) is 17.2 Å². The van der Waals surface area contributed by atoms with Crippen molar-refractivity contribution in [3.63, 3.8) is 0 Å². The number of carbonyl (C=O) groups is 1. The van der Waals surface area contributed by atoms with E-state index in [1.54, 1.807) is 13.0 Å². The number of fused-ring (bicyclic) bond motifs is 1. The summed E-state index contributed by atoms with van der Waals surface area (Å²) in [7, 11) is 4.36. The highest BCUT2D eigenvalue weighted by molar-refractivity contribution is 7.18. The second-order valence-corrected chi connectivity index (χ2v) is 7.55. The van der Waals surface area contributed by atoms with Gasteiger partial charge in [-0.15, -0.1) is 11.3 Å². The summed E-state index contributed by atoms with van der Waals surface area (Å²) in [6, 6.07) is 3.12. The largest absolute Gasteiger partial charge is 0.493 e. The summed E-state index contributed by atoms with van der Waals surface area (Å²) in [5.41, 5.74) is 0.826. The van der Waals surface area contributed by atoms with Gasteiger partial charge in [0, 0.05) is 4.88 Å². The van der Waals surface area contributed by atoms with Gasteiger partial charge in [0.25, 0.3) is 5.56 Å². The van der Waals surface area contributed by atoms with E-state index in [2.05, 4.69) is 9.97 Å². The van der Waals surface area contributed by atoms with Crippen LogP contribution in [0.4, 0.5) is 0 Å². The molecule has 1 atom stereocenters. The number of nitrogens with zero attached hydrogens (tertiary/aromatic N) is 1. The molecular weight excluding hydrogens is 396 g/mol. The lowest BCUT2D eigenvalue weighted by atomic mass is 10.1. The van der Waals surface area contributed by atoms with Crippen molar-refractivity contribution in [2.45, 2.75) is 26.9 Å². The molecule has 9 heteroatoms. The molecule has 0 fully saturated rings. The molecular formula is C20H22N2O6S. The number of esters is 1. The zero-order chi connectivity index (χ0) is 21.3. The Bertz CT molecular complexity index is 1130. The van der Waals surface area contributed by atoms with E-state index in [0.29, 0.717) is 16.0 Å². The molecule has 29 heavy (non-hydrogen) atoms. The molecule has 2 aromatic heterocycles. The van der Waals surface area contributed by atoms with Gasteiger partial charge in [0.05, 0.1) is 26.7 Å². The number of hydrogen-bond donors (Lipinski definition) is 1. The Hall–Kier alpha value is -3.07. The Labute approximate surface area is 171 Å². The van der Waals surface area contributed by atoms with Crippen LogP contribution >= 0.6 is 11.3 Å². The lowest BCUT2D eigenvalue weighted by molar-refractivity contribution is 0.0316. The van der Waals surface area contributed by atoms with Crippen molar-refractivity contribution in [2.75, 3.05) is 21.3 Å². The van der Waals surface area contributed by atoms with Crippen LogP contribution in [-0.2, 0) is 4.74 Å². The van der Waals surface area contributed by atoms with Gasteiger partial charge in [-0.1, -0.05) is 0 Å². The number of methoxy groups -OCH3 is 3. The molecule has 0 aliphatic rings. The molecule has 0 saturated carbocycles. The van der Waals surface area contributed by atoms with Crippen molar-refractivity contribution in [3.8, 4) is 17.2 Å². The monoisotopic (exact) mass is 418 g/mol. The lowest BCUT2D eigenvalue weighted by Gasteiger charge is -2.17. The van der Waals surface area contributed by atoms with E-state index in [4.69, 9.17) is 18.9 Å². The second kappa shape index (κ2) is 8.12. The molecule has 2 heterocycles. The van der Waals surface area contributed by atoms with Gasteiger partial charge in [-0.3, -0.25) is 4.79 Å². The molecule has 0 bridgehead atoms. The second-order valence-electron chi connectivity index (χ2n) is 6.34. The molecule has 0 aliphatic carbocycles. The first-order chi connectivity index (χ1) is 13.8. The number of aromatic nitrogens is 2. The molecule has 0 aliphatic heterocycles.